The summed E-state index contributed by atoms with van der Waals surface area (Å²) in [4.78, 5) is 19.6. The fourth-order valence-corrected chi connectivity index (χ4v) is 1.41. The minimum absolute atomic E-state index is 0.163. The molecular weight excluding hydrogens is 248 g/mol. The zero-order valence-corrected chi connectivity index (χ0v) is 10.4. The number of aromatic nitrogens is 4. The third kappa shape index (κ3) is 3.33. The highest BCUT2D eigenvalue weighted by atomic mass is 16.5. The van der Waals surface area contributed by atoms with Crippen LogP contribution in [0.4, 0.5) is 5.69 Å². The molecule has 2 aromatic rings. The quantitative estimate of drug-likeness (QED) is 0.757. The lowest BCUT2D eigenvalue weighted by atomic mass is 10.3. The van der Waals surface area contributed by atoms with E-state index in [1.807, 2.05) is 0 Å². The van der Waals surface area contributed by atoms with Gasteiger partial charge in [-0.25, -0.2) is 14.6 Å². The molecule has 1 amide bonds. The Morgan fingerprint density at radius 2 is 2.42 bits per heavy atom. The molecule has 0 bridgehead atoms. The number of carbonyl (C=O) groups excluding carboxylic acids is 1. The van der Waals surface area contributed by atoms with Gasteiger partial charge in [-0.2, -0.15) is 5.10 Å². The van der Waals surface area contributed by atoms with E-state index in [9.17, 15) is 4.79 Å². The summed E-state index contributed by atoms with van der Waals surface area (Å²) in [6.45, 7) is 0.163. The Morgan fingerprint density at radius 1 is 1.58 bits per heavy atom. The molecular formula is C11H14N6O2. The van der Waals surface area contributed by atoms with E-state index in [0.29, 0.717) is 11.5 Å². The SMILES string of the molecule is COCC(N)C(=O)Nc1ccc(-n2cncn2)nc1. The Bertz CT molecular complexity index is 525. The molecule has 0 saturated heterocycles. The second kappa shape index (κ2) is 6.03. The molecule has 0 aromatic carbocycles. The molecule has 0 fully saturated rings. The van der Waals surface area contributed by atoms with Crippen LogP contribution < -0.4 is 11.1 Å². The Morgan fingerprint density at radius 3 is 3.00 bits per heavy atom. The van der Waals surface area contributed by atoms with Gasteiger partial charge >= 0.3 is 0 Å². The highest BCUT2D eigenvalue weighted by molar-refractivity contribution is 5.94. The average Bonchev–Trinajstić information content (AvgIpc) is 2.94. The van der Waals surface area contributed by atoms with E-state index in [-0.39, 0.29) is 12.5 Å². The second-order valence-electron chi connectivity index (χ2n) is 3.80. The van der Waals surface area contributed by atoms with Crippen molar-refractivity contribution in [1.29, 1.82) is 0 Å². The molecule has 1 unspecified atom stereocenters. The standard InChI is InChI=1S/C11H14N6O2/c1-19-5-9(12)11(18)16-8-2-3-10(14-4-8)17-7-13-6-15-17/h2-4,6-7,9H,5,12H2,1H3,(H,16,18). The number of nitrogens with two attached hydrogens (primary N) is 1. The first-order valence-corrected chi connectivity index (χ1v) is 5.57. The van der Waals surface area contributed by atoms with Gasteiger partial charge in [-0.15, -0.1) is 0 Å². The summed E-state index contributed by atoms with van der Waals surface area (Å²) < 4.78 is 6.33. The van der Waals surface area contributed by atoms with Gasteiger partial charge < -0.3 is 15.8 Å². The monoisotopic (exact) mass is 262 g/mol. The molecule has 1 atom stereocenters. The third-order valence-electron chi connectivity index (χ3n) is 2.35. The van der Waals surface area contributed by atoms with Crippen LogP contribution in [0.2, 0.25) is 0 Å². The molecule has 2 rings (SSSR count). The summed E-state index contributed by atoms with van der Waals surface area (Å²) in [5.41, 5.74) is 6.16. The van der Waals surface area contributed by atoms with Crippen LogP contribution >= 0.6 is 0 Å². The van der Waals surface area contributed by atoms with Crippen molar-refractivity contribution >= 4 is 11.6 Å². The highest BCUT2D eigenvalue weighted by Gasteiger charge is 2.13. The number of ether oxygens (including phenoxy) is 1. The van der Waals surface area contributed by atoms with E-state index in [4.69, 9.17) is 10.5 Å². The predicted octanol–water partition coefficient (Wildman–Crippen LogP) is -0.425. The number of rotatable bonds is 5. The van der Waals surface area contributed by atoms with E-state index >= 15 is 0 Å². The first-order valence-electron chi connectivity index (χ1n) is 5.57. The van der Waals surface area contributed by atoms with Gasteiger partial charge in [0, 0.05) is 7.11 Å². The highest BCUT2D eigenvalue weighted by Crippen LogP contribution is 2.08. The molecule has 100 valence electrons. The lowest BCUT2D eigenvalue weighted by Crippen LogP contribution is -2.39. The van der Waals surface area contributed by atoms with Crippen molar-refractivity contribution in [3.63, 3.8) is 0 Å². The molecule has 0 radical (unpaired) electrons. The van der Waals surface area contributed by atoms with Gasteiger partial charge in [-0.3, -0.25) is 4.79 Å². The molecule has 8 nitrogen and oxygen atoms in total. The lowest BCUT2D eigenvalue weighted by molar-refractivity contribution is -0.118. The smallest absolute Gasteiger partial charge is 0.243 e. The van der Waals surface area contributed by atoms with Crippen molar-refractivity contribution in [1.82, 2.24) is 19.7 Å². The largest absolute Gasteiger partial charge is 0.383 e. The minimum atomic E-state index is -0.708. The van der Waals surface area contributed by atoms with Crippen molar-refractivity contribution in [2.75, 3.05) is 19.0 Å². The summed E-state index contributed by atoms with van der Waals surface area (Å²) in [5.74, 6) is 0.286. The molecule has 0 saturated carbocycles. The fourth-order valence-electron chi connectivity index (χ4n) is 1.41. The van der Waals surface area contributed by atoms with Crippen LogP contribution in [-0.4, -0.2) is 45.4 Å². The van der Waals surface area contributed by atoms with E-state index in [0.717, 1.165) is 0 Å². The summed E-state index contributed by atoms with van der Waals surface area (Å²) in [5, 5.41) is 6.60. The Balaban J connectivity index is 2.01. The van der Waals surface area contributed by atoms with Crippen LogP contribution in [0.25, 0.3) is 5.82 Å². The van der Waals surface area contributed by atoms with Crippen LogP contribution in [0.15, 0.2) is 31.0 Å². The average molecular weight is 262 g/mol. The molecule has 19 heavy (non-hydrogen) atoms. The number of pyridine rings is 1. The normalized spacial score (nSPS) is 12.1. The van der Waals surface area contributed by atoms with Gasteiger partial charge in [0.2, 0.25) is 5.91 Å². The van der Waals surface area contributed by atoms with Crippen molar-refractivity contribution in [2.24, 2.45) is 5.73 Å². The second-order valence-corrected chi connectivity index (χ2v) is 3.80. The first-order chi connectivity index (χ1) is 9.20. The van der Waals surface area contributed by atoms with Crippen molar-refractivity contribution in [2.45, 2.75) is 6.04 Å². The summed E-state index contributed by atoms with van der Waals surface area (Å²) >= 11 is 0. The fraction of sp³-hybridized carbons (Fsp3) is 0.273. The van der Waals surface area contributed by atoms with Crippen LogP contribution in [0.1, 0.15) is 0 Å². The maximum absolute atomic E-state index is 11.6. The third-order valence-corrected chi connectivity index (χ3v) is 2.35. The van der Waals surface area contributed by atoms with Crippen LogP contribution in [0, 0.1) is 0 Å². The van der Waals surface area contributed by atoms with Crippen molar-refractivity contribution in [3.05, 3.63) is 31.0 Å². The molecule has 2 aromatic heterocycles. The van der Waals surface area contributed by atoms with Crippen LogP contribution in [0.5, 0.6) is 0 Å². The van der Waals surface area contributed by atoms with E-state index in [2.05, 4.69) is 20.4 Å². The Hall–Kier alpha value is -2.32. The number of hydrogen-bond acceptors (Lipinski definition) is 6. The maximum atomic E-state index is 11.6. The number of carbonyl (C=O) groups is 1. The van der Waals surface area contributed by atoms with Gasteiger partial charge in [0.1, 0.15) is 18.7 Å². The Kier molecular flexibility index (Phi) is 4.16. The number of amides is 1. The predicted molar refractivity (Wildman–Crippen MR) is 67.6 cm³/mol. The van der Waals surface area contributed by atoms with Gasteiger partial charge in [0.25, 0.3) is 0 Å². The zero-order valence-electron chi connectivity index (χ0n) is 10.4. The number of nitrogens with zero attached hydrogens (tertiary/aromatic N) is 4. The lowest BCUT2D eigenvalue weighted by Gasteiger charge is -2.11. The van der Waals surface area contributed by atoms with Crippen LogP contribution in [-0.2, 0) is 9.53 Å². The van der Waals surface area contributed by atoms with Crippen LogP contribution in [0.3, 0.4) is 0 Å². The number of methoxy groups -OCH3 is 1. The molecule has 0 aliphatic rings. The molecule has 0 aliphatic heterocycles. The van der Waals surface area contributed by atoms with E-state index in [1.54, 1.807) is 12.1 Å². The van der Waals surface area contributed by atoms with Gasteiger partial charge in [0.05, 0.1) is 18.5 Å². The molecule has 2 heterocycles. The minimum Gasteiger partial charge on any atom is -0.383 e. The van der Waals surface area contributed by atoms with E-state index < -0.39 is 6.04 Å². The van der Waals surface area contributed by atoms with Gasteiger partial charge in [-0.1, -0.05) is 0 Å². The summed E-state index contributed by atoms with van der Waals surface area (Å²) in [6, 6.07) is 2.72. The van der Waals surface area contributed by atoms with E-state index in [1.165, 1.54) is 30.6 Å². The summed E-state index contributed by atoms with van der Waals surface area (Å²) in [6.07, 6.45) is 4.48. The molecule has 0 aliphatic carbocycles. The van der Waals surface area contributed by atoms with Gasteiger partial charge in [0.15, 0.2) is 5.82 Å². The number of anilines is 1. The number of hydrogen-bond donors (Lipinski definition) is 2. The number of nitrogens with one attached hydrogen (secondary N) is 1. The molecule has 8 heteroatoms. The first kappa shape index (κ1) is 13.1. The van der Waals surface area contributed by atoms with Crippen molar-refractivity contribution in [3.8, 4) is 5.82 Å². The Labute approximate surface area is 109 Å². The molecule has 0 spiro atoms. The topological polar surface area (TPSA) is 108 Å². The maximum Gasteiger partial charge on any atom is 0.243 e. The van der Waals surface area contributed by atoms with Crippen molar-refractivity contribution < 1.29 is 9.53 Å². The van der Waals surface area contributed by atoms with Gasteiger partial charge in [-0.05, 0) is 12.1 Å². The summed E-state index contributed by atoms with van der Waals surface area (Å²) in [7, 11) is 1.49. The zero-order chi connectivity index (χ0) is 13.7. The molecule has 3 N–H and O–H groups in total.